The molecule has 0 spiro atoms. The van der Waals surface area contributed by atoms with Crippen molar-refractivity contribution in [2.75, 3.05) is 0 Å². The van der Waals surface area contributed by atoms with Crippen LogP contribution in [0.3, 0.4) is 0 Å². The summed E-state index contributed by atoms with van der Waals surface area (Å²) >= 11 is 0. The molecule has 0 radical (unpaired) electrons. The van der Waals surface area contributed by atoms with Crippen LogP contribution in [0, 0.1) is 17.8 Å². The van der Waals surface area contributed by atoms with Gasteiger partial charge in [-0.2, -0.15) is 0 Å². The van der Waals surface area contributed by atoms with E-state index in [1.807, 2.05) is 60.7 Å². The second kappa shape index (κ2) is 9.70. The average Bonchev–Trinajstić information content (AvgIpc) is 3.52. The van der Waals surface area contributed by atoms with Gasteiger partial charge in [-0.05, 0) is 90.5 Å². The monoisotopic (exact) mass is 560 g/mol. The van der Waals surface area contributed by atoms with E-state index in [0.29, 0.717) is 17.5 Å². The number of hydrogen-bond acceptors (Lipinski definition) is 5. The van der Waals surface area contributed by atoms with Crippen LogP contribution in [0.15, 0.2) is 108 Å². The normalized spacial score (nSPS) is 24.0. The van der Waals surface area contributed by atoms with Gasteiger partial charge in [0.15, 0.2) is 29.4 Å². The molecule has 4 aromatic carbocycles. The summed E-state index contributed by atoms with van der Waals surface area (Å²) in [4.78, 5) is 19.3. The fourth-order valence-electron chi connectivity index (χ4n) is 8.76. The molecule has 0 unspecified atom stereocenters. The molecule has 5 nitrogen and oxygen atoms in total. The number of hydrogen-bond donors (Lipinski definition) is 0. The maximum absolute atomic E-state index is 5.82. The molecule has 0 aliphatic heterocycles. The Hall–Kier alpha value is -4.64. The van der Waals surface area contributed by atoms with Crippen LogP contribution in [0.5, 0.6) is 0 Å². The highest BCUT2D eigenvalue weighted by Gasteiger charge is 2.52. The van der Waals surface area contributed by atoms with E-state index in [4.69, 9.17) is 19.4 Å². The van der Waals surface area contributed by atoms with Gasteiger partial charge in [-0.3, -0.25) is 0 Å². The first-order valence-electron chi connectivity index (χ1n) is 15.5. The van der Waals surface area contributed by atoms with Gasteiger partial charge < -0.3 is 4.42 Å². The lowest BCUT2D eigenvalue weighted by atomic mass is 9.47. The third-order valence-electron chi connectivity index (χ3n) is 10.2. The Morgan fingerprint density at radius 3 is 1.58 bits per heavy atom. The maximum atomic E-state index is 5.82. The van der Waals surface area contributed by atoms with Crippen LogP contribution >= 0.6 is 0 Å². The van der Waals surface area contributed by atoms with Crippen LogP contribution in [0.25, 0.3) is 56.4 Å². The van der Waals surface area contributed by atoms with Crippen molar-refractivity contribution in [3.05, 3.63) is 109 Å². The van der Waals surface area contributed by atoms with Crippen molar-refractivity contribution < 1.29 is 4.42 Å². The Kier molecular flexibility index (Phi) is 5.62. The lowest BCUT2D eigenvalue weighted by molar-refractivity contribution is -0.00487. The highest BCUT2D eigenvalue weighted by atomic mass is 16.3. The summed E-state index contributed by atoms with van der Waals surface area (Å²) in [5.74, 6) is 4.64. The number of rotatable bonds is 5. The van der Waals surface area contributed by atoms with Crippen LogP contribution in [-0.4, -0.2) is 19.9 Å². The lowest BCUT2D eigenvalue weighted by Crippen LogP contribution is -2.48. The van der Waals surface area contributed by atoms with Crippen LogP contribution in [0.4, 0.5) is 0 Å². The highest BCUT2D eigenvalue weighted by Crippen LogP contribution is 2.62. The van der Waals surface area contributed by atoms with E-state index in [9.17, 15) is 0 Å². The SMILES string of the molecule is c1ccc(-c2nc(-c3ccccc3)nc(-c3ccc(-c4cc5ocnc5cc4C45CC6CC(CC(C6)C4)C5)cc3)n2)cc1. The average molecular weight is 561 g/mol. The van der Waals surface area contributed by atoms with Gasteiger partial charge >= 0.3 is 0 Å². The lowest BCUT2D eigenvalue weighted by Gasteiger charge is -2.57. The molecule has 2 aromatic heterocycles. The van der Waals surface area contributed by atoms with E-state index < -0.39 is 0 Å². The zero-order chi connectivity index (χ0) is 28.4. The van der Waals surface area contributed by atoms with Crippen LogP contribution in [-0.2, 0) is 5.41 Å². The molecule has 2 heterocycles. The molecule has 4 aliphatic rings. The second-order valence-electron chi connectivity index (χ2n) is 13.0. The fourth-order valence-corrected chi connectivity index (χ4v) is 8.76. The quantitative estimate of drug-likeness (QED) is 0.210. The third kappa shape index (κ3) is 4.29. The van der Waals surface area contributed by atoms with Gasteiger partial charge in [-0.25, -0.2) is 19.9 Å². The summed E-state index contributed by atoms with van der Waals surface area (Å²) in [5.41, 5.74) is 8.94. The summed E-state index contributed by atoms with van der Waals surface area (Å²) in [6.45, 7) is 0. The first-order chi connectivity index (χ1) is 21.2. The molecule has 10 rings (SSSR count). The second-order valence-corrected chi connectivity index (χ2v) is 13.0. The molecule has 4 bridgehead atoms. The molecule has 6 aromatic rings. The van der Waals surface area contributed by atoms with E-state index in [-0.39, 0.29) is 5.41 Å². The van der Waals surface area contributed by atoms with Crippen molar-refractivity contribution in [2.45, 2.75) is 43.9 Å². The van der Waals surface area contributed by atoms with Crippen molar-refractivity contribution in [1.82, 2.24) is 19.9 Å². The molecule has 4 saturated carbocycles. The molecule has 0 atom stereocenters. The van der Waals surface area contributed by atoms with Gasteiger partial charge in [0.1, 0.15) is 5.52 Å². The number of nitrogens with zero attached hydrogens (tertiary/aromatic N) is 4. The van der Waals surface area contributed by atoms with E-state index in [1.165, 1.54) is 55.2 Å². The minimum Gasteiger partial charge on any atom is -0.443 e. The molecule has 4 aliphatic carbocycles. The number of aromatic nitrogens is 4. The Balaban J connectivity index is 1.15. The molecule has 0 N–H and O–H groups in total. The van der Waals surface area contributed by atoms with Crippen LogP contribution in [0.2, 0.25) is 0 Å². The van der Waals surface area contributed by atoms with Crippen LogP contribution < -0.4 is 0 Å². The highest BCUT2D eigenvalue weighted by molar-refractivity contribution is 5.84. The summed E-state index contributed by atoms with van der Waals surface area (Å²) in [5, 5.41) is 0. The molecule has 210 valence electrons. The maximum Gasteiger partial charge on any atom is 0.181 e. The van der Waals surface area contributed by atoms with E-state index >= 15 is 0 Å². The molecule has 43 heavy (non-hydrogen) atoms. The number of fused-ring (bicyclic) bond motifs is 1. The Morgan fingerprint density at radius 2 is 1.05 bits per heavy atom. The topological polar surface area (TPSA) is 64.7 Å². The van der Waals surface area contributed by atoms with E-state index in [0.717, 1.165) is 45.5 Å². The molecular weight excluding hydrogens is 528 g/mol. The minimum absolute atomic E-state index is 0.249. The van der Waals surface area contributed by atoms with E-state index in [1.54, 1.807) is 6.39 Å². The Bertz CT molecular complexity index is 1850. The first kappa shape index (κ1) is 24.9. The minimum atomic E-state index is 0.249. The molecule has 0 amide bonds. The Morgan fingerprint density at radius 1 is 0.558 bits per heavy atom. The van der Waals surface area contributed by atoms with Crippen molar-refractivity contribution in [3.8, 4) is 45.3 Å². The van der Waals surface area contributed by atoms with Gasteiger partial charge in [-0.15, -0.1) is 0 Å². The number of benzene rings is 4. The largest absolute Gasteiger partial charge is 0.443 e. The van der Waals surface area contributed by atoms with Gasteiger partial charge in [0.05, 0.1) is 0 Å². The Labute approximate surface area is 251 Å². The zero-order valence-corrected chi connectivity index (χ0v) is 24.0. The third-order valence-corrected chi connectivity index (χ3v) is 10.2. The van der Waals surface area contributed by atoms with Crippen molar-refractivity contribution >= 4 is 11.1 Å². The fraction of sp³-hybridized carbons (Fsp3) is 0.263. The smallest absolute Gasteiger partial charge is 0.181 e. The zero-order valence-electron chi connectivity index (χ0n) is 24.0. The van der Waals surface area contributed by atoms with E-state index in [2.05, 4.69) is 41.4 Å². The first-order valence-corrected chi connectivity index (χ1v) is 15.5. The molecule has 5 heteroatoms. The van der Waals surface area contributed by atoms with Crippen molar-refractivity contribution in [1.29, 1.82) is 0 Å². The summed E-state index contributed by atoms with van der Waals surface area (Å²) in [7, 11) is 0. The summed E-state index contributed by atoms with van der Waals surface area (Å²) in [6.07, 6.45) is 9.79. The summed E-state index contributed by atoms with van der Waals surface area (Å²) in [6, 6.07) is 33.6. The van der Waals surface area contributed by atoms with Gasteiger partial charge in [-0.1, -0.05) is 84.9 Å². The van der Waals surface area contributed by atoms with Crippen molar-refractivity contribution in [2.24, 2.45) is 17.8 Å². The van der Waals surface area contributed by atoms with Gasteiger partial charge in [0.2, 0.25) is 0 Å². The van der Waals surface area contributed by atoms with Gasteiger partial charge in [0, 0.05) is 16.7 Å². The number of oxazole rings is 1. The van der Waals surface area contributed by atoms with Crippen LogP contribution in [0.1, 0.15) is 44.1 Å². The molecule has 4 fully saturated rings. The predicted molar refractivity (Wildman–Crippen MR) is 169 cm³/mol. The molecular formula is C38H32N4O. The standard InChI is InChI=1S/C38H32N4O/c1-3-7-28(8-4-1)35-40-36(29-9-5-2-6-10-29)42-37(41-35)30-13-11-27(12-14-30)31-18-34-33(39-23-43-34)19-32(31)38-20-24-15-25(21-38)17-26(16-24)22-38/h1-14,18-19,23-26H,15-17,20-22H2. The summed E-state index contributed by atoms with van der Waals surface area (Å²) < 4.78 is 5.82. The predicted octanol–water partition coefficient (Wildman–Crippen LogP) is 9.15. The van der Waals surface area contributed by atoms with Crippen molar-refractivity contribution in [3.63, 3.8) is 0 Å². The molecule has 0 saturated heterocycles. The van der Waals surface area contributed by atoms with Gasteiger partial charge in [0.25, 0.3) is 0 Å².